The van der Waals surface area contributed by atoms with Crippen LogP contribution in [0.1, 0.15) is 5.56 Å². The van der Waals surface area contributed by atoms with E-state index >= 15 is 0 Å². The second-order valence-electron chi connectivity index (χ2n) is 3.23. The minimum Gasteiger partial charge on any atom is -0.495 e. The fraction of sp³-hybridized carbons (Fsp3) is 0.182. The van der Waals surface area contributed by atoms with Crippen molar-refractivity contribution in [3.63, 3.8) is 0 Å². The van der Waals surface area contributed by atoms with Gasteiger partial charge in [-0.3, -0.25) is 0 Å². The van der Waals surface area contributed by atoms with E-state index in [2.05, 4.69) is 0 Å². The zero-order valence-electron chi connectivity index (χ0n) is 8.33. The van der Waals surface area contributed by atoms with Gasteiger partial charge in [0.25, 0.3) is 0 Å². The molecule has 0 aliphatic rings. The minimum atomic E-state index is 0.462. The van der Waals surface area contributed by atoms with Crippen molar-refractivity contribution in [2.75, 3.05) is 7.11 Å². The lowest BCUT2D eigenvalue weighted by atomic mass is 10.1. The lowest BCUT2D eigenvalue weighted by molar-refractivity contribution is 0.414. The molecule has 0 radical (unpaired) electrons. The quantitative estimate of drug-likeness (QED) is 0.700. The molecule has 0 saturated carbocycles. The van der Waals surface area contributed by atoms with Crippen molar-refractivity contribution < 1.29 is 9.15 Å². The fourth-order valence-corrected chi connectivity index (χ4v) is 1.98. The molecular weight excluding hydrogens is 232 g/mol. The Morgan fingerprint density at radius 1 is 1.33 bits per heavy atom. The molecule has 0 N–H and O–H groups in total. The molecule has 0 aliphatic carbocycles. The van der Waals surface area contributed by atoms with E-state index in [4.69, 9.17) is 33.0 Å². The maximum atomic E-state index is 6.02. The lowest BCUT2D eigenvalue weighted by Crippen LogP contribution is -1.86. The van der Waals surface area contributed by atoms with Crippen molar-refractivity contribution in [2.24, 2.45) is 0 Å². The second-order valence-corrected chi connectivity index (χ2v) is 4.04. The number of rotatable bonds is 1. The van der Waals surface area contributed by atoms with Gasteiger partial charge in [-0.25, -0.2) is 0 Å². The van der Waals surface area contributed by atoms with Gasteiger partial charge in [0.05, 0.1) is 12.1 Å². The minimum absolute atomic E-state index is 0.462. The maximum Gasteiger partial charge on any atom is 0.191 e. The van der Waals surface area contributed by atoms with Crippen LogP contribution in [0, 0.1) is 11.6 Å². The third kappa shape index (κ3) is 1.85. The van der Waals surface area contributed by atoms with Crippen LogP contribution in [0.3, 0.4) is 0 Å². The number of aryl methyl sites for hydroxylation is 1. The van der Waals surface area contributed by atoms with Gasteiger partial charge in [0.2, 0.25) is 0 Å². The van der Waals surface area contributed by atoms with Gasteiger partial charge in [-0.1, -0.05) is 11.6 Å². The van der Waals surface area contributed by atoms with Gasteiger partial charge in [-0.05, 0) is 36.8 Å². The third-order valence-corrected chi connectivity index (χ3v) is 2.72. The summed E-state index contributed by atoms with van der Waals surface area (Å²) < 4.78 is 11.0. The van der Waals surface area contributed by atoms with Crippen molar-refractivity contribution in [1.29, 1.82) is 0 Å². The predicted octanol–water partition coefficient (Wildman–Crippen LogP) is 4.13. The molecule has 0 amide bonds. The van der Waals surface area contributed by atoms with Gasteiger partial charge in [0, 0.05) is 11.5 Å². The Kier molecular flexibility index (Phi) is 2.67. The van der Waals surface area contributed by atoms with Gasteiger partial charge in [-0.2, -0.15) is 0 Å². The van der Waals surface area contributed by atoms with E-state index in [9.17, 15) is 0 Å². The van der Waals surface area contributed by atoms with Crippen LogP contribution >= 0.6 is 23.8 Å². The molecule has 0 fully saturated rings. The highest BCUT2D eigenvalue weighted by molar-refractivity contribution is 7.71. The van der Waals surface area contributed by atoms with Gasteiger partial charge < -0.3 is 9.15 Å². The van der Waals surface area contributed by atoms with Crippen LogP contribution in [0.5, 0.6) is 5.75 Å². The number of hydrogen-bond donors (Lipinski definition) is 0. The van der Waals surface area contributed by atoms with Gasteiger partial charge in [0.1, 0.15) is 11.3 Å². The summed E-state index contributed by atoms with van der Waals surface area (Å²) in [5.41, 5.74) is 1.74. The summed E-state index contributed by atoms with van der Waals surface area (Å²) in [6.07, 6.45) is 0. The molecule has 1 heterocycles. The number of ether oxygens (including phenoxy) is 1. The number of fused-ring (bicyclic) bond motifs is 1. The van der Waals surface area contributed by atoms with Crippen LogP contribution in [0.15, 0.2) is 22.6 Å². The molecule has 2 rings (SSSR count). The summed E-state index contributed by atoms with van der Waals surface area (Å²) in [6.45, 7) is 1.97. The standard InChI is InChI=1S/C11H9ClO2S/c1-6-3-11(15)14-9-5-10(13-2)8(12)4-7(6)9/h3-5H,1-2H3. The molecule has 0 bridgehead atoms. The van der Waals surface area contributed by atoms with Crippen LogP contribution in [-0.4, -0.2) is 7.11 Å². The summed E-state index contributed by atoms with van der Waals surface area (Å²) in [5.74, 6) is 0.591. The summed E-state index contributed by atoms with van der Waals surface area (Å²) in [7, 11) is 1.57. The molecule has 2 aromatic rings. The predicted molar refractivity (Wildman–Crippen MR) is 63.3 cm³/mol. The Hall–Kier alpha value is -1.06. The van der Waals surface area contributed by atoms with Crippen molar-refractivity contribution in [2.45, 2.75) is 6.92 Å². The SMILES string of the molecule is COc1cc2oc(=S)cc(C)c2cc1Cl. The summed E-state index contributed by atoms with van der Waals surface area (Å²) in [4.78, 5) is 0. The van der Waals surface area contributed by atoms with Crippen LogP contribution in [-0.2, 0) is 0 Å². The third-order valence-electron chi connectivity index (χ3n) is 2.22. The Balaban J connectivity index is 2.87. The largest absolute Gasteiger partial charge is 0.495 e. The molecular formula is C11H9ClO2S. The smallest absolute Gasteiger partial charge is 0.191 e. The Morgan fingerprint density at radius 2 is 2.07 bits per heavy atom. The number of benzene rings is 1. The highest BCUT2D eigenvalue weighted by Gasteiger charge is 2.06. The fourth-order valence-electron chi connectivity index (χ4n) is 1.48. The molecule has 0 unspecified atom stereocenters. The molecule has 2 nitrogen and oxygen atoms in total. The van der Waals surface area contributed by atoms with Gasteiger partial charge in [-0.15, -0.1) is 0 Å². The van der Waals surface area contributed by atoms with E-state index in [0.717, 1.165) is 10.9 Å². The summed E-state index contributed by atoms with van der Waals surface area (Å²) in [6, 6.07) is 5.38. The van der Waals surface area contributed by atoms with Gasteiger partial charge in [0.15, 0.2) is 4.71 Å². The van der Waals surface area contributed by atoms with E-state index in [1.165, 1.54) is 0 Å². The van der Waals surface area contributed by atoms with E-state index in [1.54, 1.807) is 19.2 Å². The van der Waals surface area contributed by atoms with Crippen molar-refractivity contribution in [3.05, 3.63) is 33.5 Å². The first kappa shape index (κ1) is 10.5. The highest BCUT2D eigenvalue weighted by Crippen LogP contribution is 2.31. The van der Waals surface area contributed by atoms with E-state index in [1.807, 2.05) is 13.0 Å². The number of halogens is 1. The Morgan fingerprint density at radius 3 is 2.73 bits per heavy atom. The van der Waals surface area contributed by atoms with E-state index < -0.39 is 0 Å². The lowest BCUT2D eigenvalue weighted by Gasteiger charge is -2.06. The Bertz CT molecular complexity index is 575. The normalized spacial score (nSPS) is 10.6. The van der Waals surface area contributed by atoms with E-state index in [-0.39, 0.29) is 0 Å². The zero-order valence-corrected chi connectivity index (χ0v) is 9.91. The second kappa shape index (κ2) is 3.83. The van der Waals surface area contributed by atoms with Crippen LogP contribution in [0.4, 0.5) is 0 Å². The van der Waals surface area contributed by atoms with Gasteiger partial charge >= 0.3 is 0 Å². The molecule has 1 aromatic heterocycles. The first-order chi connectivity index (χ1) is 7.11. The molecule has 78 valence electrons. The van der Waals surface area contributed by atoms with Crippen LogP contribution < -0.4 is 4.74 Å². The number of hydrogen-bond acceptors (Lipinski definition) is 3. The molecule has 1 aromatic carbocycles. The van der Waals surface area contributed by atoms with E-state index in [0.29, 0.717) is 21.1 Å². The monoisotopic (exact) mass is 240 g/mol. The average molecular weight is 241 g/mol. The first-order valence-corrected chi connectivity index (χ1v) is 5.18. The van der Waals surface area contributed by atoms with Crippen molar-refractivity contribution in [3.8, 4) is 5.75 Å². The summed E-state index contributed by atoms with van der Waals surface area (Å²) >= 11 is 11.0. The molecule has 15 heavy (non-hydrogen) atoms. The molecule has 0 aliphatic heterocycles. The average Bonchev–Trinajstić information content (AvgIpc) is 2.18. The maximum absolute atomic E-state index is 6.02. The molecule has 0 saturated heterocycles. The Labute approximate surface area is 97.4 Å². The van der Waals surface area contributed by atoms with Crippen LogP contribution in [0.25, 0.3) is 11.0 Å². The molecule has 4 heteroatoms. The van der Waals surface area contributed by atoms with Crippen LogP contribution in [0.2, 0.25) is 5.02 Å². The van der Waals surface area contributed by atoms with Crippen molar-refractivity contribution in [1.82, 2.24) is 0 Å². The topological polar surface area (TPSA) is 22.4 Å². The summed E-state index contributed by atoms with van der Waals surface area (Å²) in [5, 5.41) is 1.52. The molecule has 0 spiro atoms. The highest BCUT2D eigenvalue weighted by atomic mass is 35.5. The number of methoxy groups -OCH3 is 1. The first-order valence-electron chi connectivity index (χ1n) is 4.40. The molecule has 0 atom stereocenters. The van der Waals surface area contributed by atoms with Crippen molar-refractivity contribution >= 4 is 34.8 Å². The zero-order chi connectivity index (χ0) is 11.0.